The Morgan fingerprint density at radius 3 is 2.33 bits per heavy atom. The molecule has 1 aromatic rings. The molecule has 1 heterocycles. The van der Waals surface area contributed by atoms with Crippen molar-refractivity contribution in [3.05, 3.63) is 29.8 Å². The van der Waals surface area contributed by atoms with E-state index in [0.717, 1.165) is 25.3 Å². The summed E-state index contributed by atoms with van der Waals surface area (Å²) in [5.74, 6) is 0.980. The zero-order chi connectivity index (χ0) is 13.2. The lowest BCUT2D eigenvalue weighted by atomic mass is 9.69. The van der Waals surface area contributed by atoms with Gasteiger partial charge in [-0.1, -0.05) is 26.0 Å². The predicted octanol–water partition coefficient (Wildman–Crippen LogP) is 3.51. The Hall–Kier alpha value is -1.02. The molecule has 1 fully saturated rings. The van der Waals surface area contributed by atoms with Crippen LogP contribution in [0.25, 0.3) is 0 Å². The van der Waals surface area contributed by atoms with Crippen LogP contribution in [0.5, 0.6) is 5.75 Å². The second kappa shape index (κ2) is 4.93. The van der Waals surface area contributed by atoms with Gasteiger partial charge in [-0.2, -0.15) is 0 Å². The summed E-state index contributed by atoms with van der Waals surface area (Å²) < 4.78 is 5.64. The van der Waals surface area contributed by atoms with Gasteiger partial charge in [-0.25, -0.2) is 0 Å². The third kappa shape index (κ3) is 2.26. The first-order chi connectivity index (χ1) is 8.49. The van der Waals surface area contributed by atoms with Crippen molar-refractivity contribution in [1.82, 2.24) is 5.32 Å². The predicted molar refractivity (Wildman–Crippen MR) is 76.3 cm³/mol. The summed E-state index contributed by atoms with van der Waals surface area (Å²) in [6.45, 7) is 11.0. The number of benzene rings is 1. The van der Waals surface area contributed by atoms with Crippen LogP contribution in [0.1, 0.15) is 46.1 Å². The third-order valence-electron chi connectivity index (χ3n) is 4.54. The monoisotopic (exact) mass is 247 g/mol. The molecule has 0 radical (unpaired) electrons. The molecule has 0 saturated carbocycles. The minimum atomic E-state index is 0.152. The summed E-state index contributed by atoms with van der Waals surface area (Å²) in [4.78, 5) is 0. The molecule has 18 heavy (non-hydrogen) atoms. The lowest BCUT2D eigenvalue weighted by Gasteiger charge is -2.38. The van der Waals surface area contributed by atoms with Crippen LogP contribution in [0.3, 0.4) is 0 Å². The zero-order valence-electron chi connectivity index (χ0n) is 12.0. The minimum Gasteiger partial charge on any atom is -0.494 e. The van der Waals surface area contributed by atoms with Gasteiger partial charge in [0.1, 0.15) is 5.75 Å². The number of nitrogens with one attached hydrogen (secondary N) is 1. The molecule has 1 unspecified atom stereocenters. The SMILES string of the molecule is CCCOc1ccc(C2(C)CCNC2(C)C)cc1. The summed E-state index contributed by atoms with van der Waals surface area (Å²) in [7, 11) is 0. The largest absolute Gasteiger partial charge is 0.494 e. The van der Waals surface area contributed by atoms with Crippen LogP contribution in [0.4, 0.5) is 0 Å². The van der Waals surface area contributed by atoms with Crippen LogP contribution in [-0.2, 0) is 5.41 Å². The van der Waals surface area contributed by atoms with E-state index in [9.17, 15) is 0 Å². The van der Waals surface area contributed by atoms with Crippen molar-refractivity contribution in [3.63, 3.8) is 0 Å². The first kappa shape index (κ1) is 13.4. The van der Waals surface area contributed by atoms with E-state index in [1.807, 2.05) is 0 Å². The highest BCUT2D eigenvalue weighted by atomic mass is 16.5. The quantitative estimate of drug-likeness (QED) is 0.879. The molecule has 0 spiro atoms. The lowest BCUT2D eigenvalue weighted by molar-refractivity contribution is 0.295. The van der Waals surface area contributed by atoms with Crippen LogP contribution >= 0.6 is 0 Å². The van der Waals surface area contributed by atoms with Gasteiger partial charge in [0.15, 0.2) is 0 Å². The van der Waals surface area contributed by atoms with Crippen molar-refractivity contribution in [1.29, 1.82) is 0 Å². The zero-order valence-corrected chi connectivity index (χ0v) is 12.0. The van der Waals surface area contributed by atoms with Crippen LogP contribution < -0.4 is 10.1 Å². The molecular formula is C16H25NO. The Balaban J connectivity index is 2.19. The molecule has 1 atom stereocenters. The fourth-order valence-corrected chi connectivity index (χ4v) is 2.78. The average molecular weight is 247 g/mol. The van der Waals surface area contributed by atoms with Crippen molar-refractivity contribution in [2.45, 2.75) is 51.5 Å². The molecule has 0 aliphatic carbocycles. The molecule has 2 rings (SSSR count). The Morgan fingerprint density at radius 2 is 1.83 bits per heavy atom. The summed E-state index contributed by atoms with van der Waals surface area (Å²) in [5.41, 5.74) is 1.76. The standard InChI is InChI=1S/C16H25NO/c1-5-12-18-14-8-6-13(7-9-14)16(4)10-11-17-15(16,2)3/h6-9,17H,5,10-12H2,1-4H3. The summed E-state index contributed by atoms with van der Waals surface area (Å²) in [5, 5.41) is 3.60. The van der Waals surface area contributed by atoms with Gasteiger partial charge in [0.25, 0.3) is 0 Å². The molecule has 1 N–H and O–H groups in total. The second-order valence-corrected chi connectivity index (χ2v) is 6.01. The molecular weight excluding hydrogens is 222 g/mol. The molecule has 2 nitrogen and oxygen atoms in total. The van der Waals surface area contributed by atoms with Gasteiger partial charge in [0, 0.05) is 11.0 Å². The van der Waals surface area contributed by atoms with E-state index in [2.05, 4.69) is 57.3 Å². The molecule has 0 aromatic heterocycles. The van der Waals surface area contributed by atoms with Crippen LogP contribution in [0.15, 0.2) is 24.3 Å². The Bertz CT molecular complexity index is 396. The van der Waals surface area contributed by atoms with E-state index in [1.54, 1.807) is 0 Å². The number of hydrogen-bond acceptors (Lipinski definition) is 2. The highest BCUT2D eigenvalue weighted by molar-refractivity contribution is 5.36. The first-order valence-corrected chi connectivity index (χ1v) is 6.98. The maximum absolute atomic E-state index is 5.64. The van der Waals surface area contributed by atoms with E-state index in [1.165, 1.54) is 12.0 Å². The molecule has 0 amide bonds. The molecule has 1 aromatic carbocycles. The Morgan fingerprint density at radius 1 is 1.17 bits per heavy atom. The summed E-state index contributed by atoms with van der Waals surface area (Å²) in [6, 6.07) is 8.65. The first-order valence-electron chi connectivity index (χ1n) is 6.98. The van der Waals surface area contributed by atoms with Gasteiger partial charge in [-0.15, -0.1) is 0 Å². The Labute approximate surface area is 111 Å². The van der Waals surface area contributed by atoms with Crippen molar-refractivity contribution in [2.24, 2.45) is 0 Å². The van der Waals surface area contributed by atoms with Crippen molar-refractivity contribution in [2.75, 3.05) is 13.2 Å². The molecule has 1 aliphatic heterocycles. The minimum absolute atomic E-state index is 0.152. The molecule has 100 valence electrons. The maximum atomic E-state index is 5.64. The fourth-order valence-electron chi connectivity index (χ4n) is 2.78. The van der Waals surface area contributed by atoms with Gasteiger partial charge >= 0.3 is 0 Å². The van der Waals surface area contributed by atoms with Crippen molar-refractivity contribution >= 4 is 0 Å². The molecule has 1 saturated heterocycles. The summed E-state index contributed by atoms with van der Waals surface area (Å²) in [6.07, 6.45) is 2.24. The average Bonchev–Trinajstić information content (AvgIpc) is 2.63. The lowest BCUT2D eigenvalue weighted by Crippen LogP contribution is -2.47. The number of rotatable bonds is 4. The van der Waals surface area contributed by atoms with Gasteiger partial charge in [-0.3, -0.25) is 0 Å². The smallest absolute Gasteiger partial charge is 0.119 e. The van der Waals surface area contributed by atoms with E-state index in [-0.39, 0.29) is 11.0 Å². The van der Waals surface area contributed by atoms with Crippen molar-refractivity contribution in [3.8, 4) is 5.75 Å². The van der Waals surface area contributed by atoms with E-state index < -0.39 is 0 Å². The van der Waals surface area contributed by atoms with Gasteiger partial charge in [-0.05, 0) is 50.9 Å². The van der Waals surface area contributed by atoms with Crippen molar-refractivity contribution < 1.29 is 4.74 Å². The highest BCUT2D eigenvalue weighted by Gasteiger charge is 2.45. The van der Waals surface area contributed by atoms with E-state index >= 15 is 0 Å². The molecule has 2 heteroatoms. The topological polar surface area (TPSA) is 21.3 Å². The Kier molecular flexibility index (Phi) is 3.67. The number of hydrogen-bond donors (Lipinski definition) is 1. The second-order valence-electron chi connectivity index (χ2n) is 6.01. The van der Waals surface area contributed by atoms with Crippen LogP contribution in [0.2, 0.25) is 0 Å². The number of ether oxygens (including phenoxy) is 1. The van der Waals surface area contributed by atoms with Gasteiger partial charge in [0.05, 0.1) is 6.61 Å². The van der Waals surface area contributed by atoms with Gasteiger partial charge in [0.2, 0.25) is 0 Å². The highest BCUT2D eigenvalue weighted by Crippen LogP contribution is 2.42. The summed E-state index contributed by atoms with van der Waals surface area (Å²) >= 11 is 0. The van der Waals surface area contributed by atoms with Crippen LogP contribution in [0, 0.1) is 0 Å². The third-order valence-corrected chi connectivity index (χ3v) is 4.54. The van der Waals surface area contributed by atoms with E-state index in [0.29, 0.717) is 0 Å². The maximum Gasteiger partial charge on any atom is 0.119 e. The van der Waals surface area contributed by atoms with Gasteiger partial charge < -0.3 is 10.1 Å². The van der Waals surface area contributed by atoms with Crippen LogP contribution in [-0.4, -0.2) is 18.7 Å². The fraction of sp³-hybridized carbons (Fsp3) is 0.625. The molecule has 1 aliphatic rings. The van der Waals surface area contributed by atoms with E-state index in [4.69, 9.17) is 4.74 Å². The molecule has 0 bridgehead atoms. The normalized spacial score (nSPS) is 26.2.